The number of anilines is 1. The summed E-state index contributed by atoms with van der Waals surface area (Å²) in [5, 5.41) is 3.15. The van der Waals surface area contributed by atoms with E-state index in [-0.39, 0.29) is 23.4 Å². The maximum Gasteiger partial charge on any atom is 0.264 e. The first-order valence-electron chi connectivity index (χ1n) is 14.4. The summed E-state index contributed by atoms with van der Waals surface area (Å²) in [6.07, 6.45) is 5.18. The van der Waals surface area contributed by atoms with Gasteiger partial charge in [-0.2, -0.15) is 0 Å². The molecule has 41 heavy (non-hydrogen) atoms. The third-order valence-electron chi connectivity index (χ3n) is 8.18. The molecule has 3 aromatic rings. The molecule has 1 aliphatic carbocycles. The molecule has 4 rings (SSSR count). The number of nitrogens with one attached hydrogen (secondary N) is 1. The second-order valence-electron chi connectivity index (χ2n) is 11.0. The van der Waals surface area contributed by atoms with Gasteiger partial charge in [-0.3, -0.25) is 13.9 Å². The lowest BCUT2D eigenvalue weighted by molar-refractivity contribution is -0.139. The van der Waals surface area contributed by atoms with Crippen LogP contribution in [0.15, 0.2) is 77.7 Å². The molecule has 1 fully saturated rings. The molecule has 1 aliphatic rings. The molecule has 2 amide bonds. The number of hydrogen-bond donors (Lipinski definition) is 1. The van der Waals surface area contributed by atoms with Gasteiger partial charge < -0.3 is 10.2 Å². The fourth-order valence-electron chi connectivity index (χ4n) is 5.36. The van der Waals surface area contributed by atoms with Gasteiger partial charge in [0.05, 0.1) is 10.6 Å². The highest BCUT2D eigenvalue weighted by atomic mass is 32.2. The number of carbonyl (C=O) groups excluding carboxylic acids is 2. The van der Waals surface area contributed by atoms with E-state index in [1.165, 1.54) is 27.8 Å². The molecule has 8 heteroatoms. The van der Waals surface area contributed by atoms with E-state index in [2.05, 4.69) is 5.32 Å². The molecule has 0 bridgehead atoms. The number of rotatable bonds is 10. The molecule has 7 nitrogen and oxygen atoms in total. The first kappa shape index (κ1) is 30.3. The minimum atomic E-state index is -4.09. The SMILES string of the molecule is Cc1ccccc1CN(C(=O)CN(c1cccc(C)c1C)S(=O)(=O)c1ccccc1)C(C)C(=O)NC1CCCCC1. The summed E-state index contributed by atoms with van der Waals surface area (Å²) in [7, 11) is -4.09. The van der Waals surface area contributed by atoms with Gasteiger partial charge in [0, 0.05) is 12.6 Å². The Morgan fingerprint density at radius 1 is 0.854 bits per heavy atom. The lowest BCUT2D eigenvalue weighted by Crippen LogP contribution is -2.53. The van der Waals surface area contributed by atoms with Crippen LogP contribution in [-0.2, 0) is 26.2 Å². The number of aryl methyl sites for hydroxylation is 2. The largest absolute Gasteiger partial charge is 0.352 e. The highest BCUT2D eigenvalue weighted by Crippen LogP contribution is 2.29. The highest BCUT2D eigenvalue weighted by molar-refractivity contribution is 7.92. The lowest BCUT2D eigenvalue weighted by atomic mass is 9.95. The normalized spacial score (nSPS) is 14.7. The third-order valence-corrected chi connectivity index (χ3v) is 9.95. The summed E-state index contributed by atoms with van der Waals surface area (Å²) in [6, 6.07) is 20.6. The van der Waals surface area contributed by atoms with E-state index >= 15 is 0 Å². The Morgan fingerprint density at radius 2 is 1.49 bits per heavy atom. The molecule has 0 radical (unpaired) electrons. The number of benzene rings is 3. The van der Waals surface area contributed by atoms with Crippen molar-refractivity contribution in [1.29, 1.82) is 0 Å². The number of sulfonamides is 1. The van der Waals surface area contributed by atoms with Crippen molar-refractivity contribution in [1.82, 2.24) is 10.2 Å². The van der Waals surface area contributed by atoms with Gasteiger partial charge in [-0.05, 0) is 81.0 Å². The van der Waals surface area contributed by atoms with E-state index in [4.69, 9.17) is 0 Å². The fourth-order valence-corrected chi connectivity index (χ4v) is 6.85. The molecule has 0 aliphatic heterocycles. The molecule has 1 saturated carbocycles. The van der Waals surface area contributed by atoms with Crippen molar-refractivity contribution < 1.29 is 18.0 Å². The number of amides is 2. The average molecular weight is 576 g/mol. The van der Waals surface area contributed by atoms with Crippen molar-refractivity contribution in [3.63, 3.8) is 0 Å². The zero-order valence-electron chi connectivity index (χ0n) is 24.5. The Morgan fingerprint density at radius 3 is 2.17 bits per heavy atom. The topological polar surface area (TPSA) is 86.8 Å². The minimum Gasteiger partial charge on any atom is -0.352 e. The summed E-state index contributed by atoms with van der Waals surface area (Å²) in [4.78, 5) is 29.3. The van der Waals surface area contributed by atoms with E-state index in [9.17, 15) is 18.0 Å². The maximum atomic E-state index is 14.2. The summed E-state index contributed by atoms with van der Waals surface area (Å²) < 4.78 is 29.2. The van der Waals surface area contributed by atoms with Gasteiger partial charge in [0.15, 0.2) is 0 Å². The van der Waals surface area contributed by atoms with Gasteiger partial charge in [0.2, 0.25) is 11.8 Å². The zero-order valence-corrected chi connectivity index (χ0v) is 25.3. The summed E-state index contributed by atoms with van der Waals surface area (Å²) in [5.74, 6) is -0.664. The fraction of sp³-hybridized carbons (Fsp3) is 0.394. The second kappa shape index (κ2) is 13.3. The standard InChI is InChI=1S/C33H41N3O4S/c1-24-15-13-21-31(26(24)3)36(41(39,40)30-19-9-6-10-20-30)23-32(37)35(22-28-16-12-11-14-25(28)2)27(4)33(38)34-29-17-7-5-8-18-29/h6,9-16,19-21,27,29H,5,7-8,17-18,22-23H2,1-4H3,(H,34,38). The van der Waals surface area contributed by atoms with E-state index in [1.54, 1.807) is 37.3 Å². The zero-order chi connectivity index (χ0) is 29.6. The molecule has 0 aromatic heterocycles. The Balaban J connectivity index is 1.71. The monoisotopic (exact) mass is 575 g/mol. The molecule has 0 spiro atoms. The first-order chi connectivity index (χ1) is 19.6. The van der Waals surface area contributed by atoms with Gasteiger partial charge in [-0.15, -0.1) is 0 Å². The van der Waals surface area contributed by atoms with Gasteiger partial charge in [-0.1, -0.05) is 73.9 Å². The van der Waals surface area contributed by atoms with Gasteiger partial charge in [-0.25, -0.2) is 8.42 Å². The maximum absolute atomic E-state index is 14.2. The summed E-state index contributed by atoms with van der Waals surface area (Å²) >= 11 is 0. The Hall–Kier alpha value is -3.65. The van der Waals surface area contributed by atoms with Gasteiger partial charge in [0.1, 0.15) is 12.6 Å². The van der Waals surface area contributed by atoms with Crippen LogP contribution in [0, 0.1) is 20.8 Å². The molecule has 0 saturated heterocycles. The third kappa shape index (κ3) is 7.17. The predicted octanol–water partition coefficient (Wildman–Crippen LogP) is 5.67. The van der Waals surface area contributed by atoms with Crippen molar-refractivity contribution in [3.05, 3.63) is 95.1 Å². The Labute approximate surface area is 244 Å². The summed E-state index contributed by atoms with van der Waals surface area (Å²) in [5.41, 5.74) is 4.03. The molecule has 0 heterocycles. The lowest BCUT2D eigenvalue weighted by Gasteiger charge is -2.34. The van der Waals surface area contributed by atoms with E-state index < -0.39 is 28.5 Å². The number of hydrogen-bond acceptors (Lipinski definition) is 4. The molecule has 1 unspecified atom stereocenters. The molecule has 1 N–H and O–H groups in total. The van der Waals surface area contributed by atoms with Gasteiger partial charge in [0.25, 0.3) is 10.0 Å². The van der Waals surface area contributed by atoms with Crippen LogP contribution in [0.2, 0.25) is 0 Å². The van der Waals surface area contributed by atoms with Crippen LogP contribution in [0.3, 0.4) is 0 Å². The van der Waals surface area contributed by atoms with Crippen molar-refractivity contribution in [2.75, 3.05) is 10.8 Å². The molecular weight excluding hydrogens is 534 g/mol. The van der Waals surface area contributed by atoms with E-state index in [0.717, 1.165) is 47.9 Å². The second-order valence-corrected chi connectivity index (χ2v) is 12.9. The molecular formula is C33H41N3O4S. The van der Waals surface area contributed by atoms with Crippen LogP contribution in [0.4, 0.5) is 5.69 Å². The average Bonchev–Trinajstić information content (AvgIpc) is 2.97. The van der Waals surface area contributed by atoms with Crippen molar-refractivity contribution >= 4 is 27.5 Å². The minimum absolute atomic E-state index is 0.0963. The van der Waals surface area contributed by atoms with Crippen LogP contribution >= 0.6 is 0 Å². The van der Waals surface area contributed by atoms with Crippen molar-refractivity contribution in [3.8, 4) is 0 Å². The highest BCUT2D eigenvalue weighted by Gasteiger charge is 2.34. The Kier molecular flexibility index (Phi) is 9.86. The van der Waals surface area contributed by atoms with Crippen LogP contribution in [0.1, 0.15) is 61.3 Å². The summed E-state index contributed by atoms with van der Waals surface area (Å²) in [6.45, 7) is 7.21. The van der Waals surface area contributed by atoms with E-state index in [0.29, 0.717) is 5.69 Å². The quantitative estimate of drug-likeness (QED) is 0.337. The van der Waals surface area contributed by atoms with Crippen LogP contribution < -0.4 is 9.62 Å². The predicted molar refractivity (Wildman–Crippen MR) is 163 cm³/mol. The van der Waals surface area contributed by atoms with E-state index in [1.807, 2.05) is 51.1 Å². The van der Waals surface area contributed by atoms with Crippen LogP contribution in [0.5, 0.6) is 0 Å². The smallest absolute Gasteiger partial charge is 0.264 e. The number of carbonyl (C=O) groups is 2. The van der Waals surface area contributed by atoms with Crippen molar-refractivity contribution in [2.24, 2.45) is 0 Å². The van der Waals surface area contributed by atoms with Gasteiger partial charge >= 0.3 is 0 Å². The number of nitrogens with zero attached hydrogens (tertiary/aromatic N) is 2. The first-order valence-corrected chi connectivity index (χ1v) is 15.8. The molecule has 1 atom stereocenters. The van der Waals surface area contributed by atoms with Crippen LogP contribution in [0.25, 0.3) is 0 Å². The molecule has 3 aromatic carbocycles. The Bertz CT molecular complexity index is 1470. The van der Waals surface area contributed by atoms with Crippen LogP contribution in [-0.4, -0.2) is 43.8 Å². The molecule has 218 valence electrons. The van der Waals surface area contributed by atoms with Crippen molar-refractivity contribution in [2.45, 2.75) is 83.3 Å².